The van der Waals surface area contributed by atoms with Gasteiger partial charge < -0.3 is 16.4 Å². The third-order valence-electron chi connectivity index (χ3n) is 2.20. The molecule has 19 heavy (non-hydrogen) atoms. The molecule has 0 bridgehead atoms. The SMILES string of the molecule is CC(C)NC(=O)CNC(=O)c1cc(Cl)c(N)c(Cl)c1. The monoisotopic (exact) mass is 303 g/mol. The standard InChI is InChI=1S/C12H15Cl2N3O2/c1-6(2)17-10(18)5-16-12(19)7-3-8(13)11(15)9(14)4-7/h3-4,6H,5,15H2,1-2H3,(H,16,19)(H,17,18). The fourth-order valence-corrected chi connectivity index (χ4v) is 1.84. The highest BCUT2D eigenvalue weighted by molar-refractivity contribution is 6.39. The average molecular weight is 304 g/mol. The predicted octanol–water partition coefficient (Wildman–Crippen LogP) is 1.83. The zero-order valence-electron chi connectivity index (χ0n) is 10.6. The Bertz CT molecular complexity index is 481. The van der Waals surface area contributed by atoms with Crippen molar-refractivity contribution in [1.82, 2.24) is 10.6 Å². The molecular formula is C12H15Cl2N3O2. The van der Waals surface area contributed by atoms with E-state index in [1.54, 1.807) is 0 Å². The summed E-state index contributed by atoms with van der Waals surface area (Å²) in [5.74, 6) is -0.710. The molecule has 0 unspecified atom stereocenters. The van der Waals surface area contributed by atoms with Gasteiger partial charge in [-0.05, 0) is 26.0 Å². The molecule has 0 aliphatic heterocycles. The Kier molecular flexibility index (Phi) is 5.44. The number of nitrogens with one attached hydrogen (secondary N) is 2. The molecule has 0 spiro atoms. The molecule has 1 rings (SSSR count). The molecule has 0 fully saturated rings. The minimum Gasteiger partial charge on any atom is -0.396 e. The number of hydrogen-bond acceptors (Lipinski definition) is 3. The number of amides is 2. The van der Waals surface area contributed by atoms with Crippen molar-refractivity contribution in [3.05, 3.63) is 27.7 Å². The Hall–Kier alpha value is -1.46. The molecule has 0 saturated heterocycles. The van der Waals surface area contributed by atoms with Gasteiger partial charge in [0.15, 0.2) is 0 Å². The molecule has 0 radical (unpaired) electrons. The highest BCUT2D eigenvalue weighted by Gasteiger charge is 2.12. The molecule has 0 aliphatic rings. The van der Waals surface area contributed by atoms with E-state index in [1.807, 2.05) is 13.8 Å². The van der Waals surface area contributed by atoms with Crippen molar-refractivity contribution < 1.29 is 9.59 Å². The van der Waals surface area contributed by atoms with Crippen LogP contribution in [0.4, 0.5) is 5.69 Å². The summed E-state index contributed by atoms with van der Waals surface area (Å²) in [5, 5.41) is 5.52. The van der Waals surface area contributed by atoms with E-state index in [2.05, 4.69) is 10.6 Å². The van der Waals surface area contributed by atoms with Crippen molar-refractivity contribution in [1.29, 1.82) is 0 Å². The van der Waals surface area contributed by atoms with E-state index in [0.717, 1.165) is 0 Å². The fourth-order valence-electron chi connectivity index (χ4n) is 1.35. The first-order valence-electron chi connectivity index (χ1n) is 5.63. The Morgan fingerprint density at radius 2 is 1.79 bits per heavy atom. The van der Waals surface area contributed by atoms with Crippen LogP contribution in [0.1, 0.15) is 24.2 Å². The number of anilines is 1. The first-order chi connectivity index (χ1) is 8.81. The molecule has 1 aromatic carbocycles. The Balaban J connectivity index is 2.67. The minimum absolute atomic E-state index is 0.0183. The molecule has 7 heteroatoms. The lowest BCUT2D eigenvalue weighted by molar-refractivity contribution is -0.120. The molecule has 0 aromatic heterocycles. The van der Waals surface area contributed by atoms with E-state index < -0.39 is 5.91 Å². The van der Waals surface area contributed by atoms with Crippen molar-refractivity contribution in [2.45, 2.75) is 19.9 Å². The number of benzene rings is 1. The van der Waals surface area contributed by atoms with E-state index in [1.165, 1.54) is 12.1 Å². The summed E-state index contributed by atoms with van der Waals surface area (Å²) >= 11 is 11.7. The van der Waals surface area contributed by atoms with E-state index in [9.17, 15) is 9.59 Å². The van der Waals surface area contributed by atoms with Gasteiger partial charge in [-0.1, -0.05) is 23.2 Å². The van der Waals surface area contributed by atoms with E-state index in [4.69, 9.17) is 28.9 Å². The highest BCUT2D eigenvalue weighted by Crippen LogP contribution is 2.28. The van der Waals surface area contributed by atoms with E-state index in [0.29, 0.717) is 0 Å². The summed E-state index contributed by atoms with van der Waals surface area (Å²) in [6.07, 6.45) is 0. The van der Waals surface area contributed by atoms with Gasteiger partial charge in [-0.25, -0.2) is 0 Å². The van der Waals surface area contributed by atoms with Crippen molar-refractivity contribution >= 4 is 40.7 Å². The number of carbonyl (C=O) groups excluding carboxylic acids is 2. The summed E-state index contributed by atoms with van der Waals surface area (Å²) in [4.78, 5) is 23.2. The number of rotatable bonds is 4. The quantitative estimate of drug-likeness (QED) is 0.742. The van der Waals surface area contributed by atoms with Crippen molar-refractivity contribution in [2.75, 3.05) is 12.3 Å². The molecule has 104 valence electrons. The van der Waals surface area contributed by atoms with Gasteiger partial charge in [-0.2, -0.15) is 0 Å². The number of nitrogen functional groups attached to an aromatic ring is 1. The van der Waals surface area contributed by atoms with Crippen LogP contribution in [0, 0.1) is 0 Å². The third-order valence-corrected chi connectivity index (χ3v) is 2.83. The molecule has 2 amide bonds. The molecule has 0 heterocycles. The minimum atomic E-state index is -0.442. The molecule has 0 aliphatic carbocycles. The van der Waals surface area contributed by atoms with Crippen LogP contribution in [-0.4, -0.2) is 24.4 Å². The van der Waals surface area contributed by atoms with Crippen LogP contribution < -0.4 is 16.4 Å². The normalized spacial score (nSPS) is 10.4. The lowest BCUT2D eigenvalue weighted by Gasteiger charge is -2.10. The summed E-state index contributed by atoms with van der Waals surface area (Å²) in [6.45, 7) is 3.55. The number of hydrogen-bond donors (Lipinski definition) is 3. The van der Waals surface area contributed by atoms with Crippen molar-refractivity contribution in [3.63, 3.8) is 0 Å². The Morgan fingerprint density at radius 1 is 1.26 bits per heavy atom. The van der Waals surface area contributed by atoms with Crippen molar-refractivity contribution in [3.8, 4) is 0 Å². The summed E-state index contributed by atoms with van der Waals surface area (Å²) in [5.41, 5.74) is 6.04. The Labute approximate surface area is 121 Å². The van der Waals surface area contributed by atoms with Crippen molar-refractivity contribution in [2.24, 2.45) is 0 Å². The van der Waals surface area contributed by atoms with Crippen LogP contribution in [-0.2, 0) is 4.79 Å². The number of carbonyl (C=O) groups is 2. The maximum atomic E-state index is 11.8. The topological polar surface area (TPSA) is 84.2 Å². The number of nitrogens with two attached hydrogens (primary N) is 1. The molecular weight excluding hydrogens is 289 g/mol. The molecule has 1 aromatic rings. The second-order valence-corrected chi connectivity index (χ2v) is 5.07. The van der Waals surface area contributed by atoms with Crippen LogP contribution in [0.2, 0.25) is 10.0 Å². The lowest BCUT2D eigenvalue weighted by Crippen LogP contribution is -2.39. The smallest absolute Gasteiger partial charge is 0.251 e. The van der Waals surface area contributed by atoms with Gasteiger partial charge in [-0.15, -0.1) is 0 Å². The van der Waals surface area contributed by atoms with E-state index >= 15 is 0 Å². The summed E-state index contributed by atoms with van der Waals surface area (Å²) in [6, 6.07) is 2.82. The third kappa shape index (κ3) is 4.61. The van der Waals surface area contributed by atoms with Gasteiger partial charge in [0.1, 0.15) is 0 Å². The summed E-state index contributed by atoms with van der Waals surface area (Å²) < 4.78 is 0. The van der Waals surface area contributed by atoms with Crippen LogP contribution in [0.5, 0.6) is 0 Å². The molecule has 4 N–H and O–H groups in total. The lowest BCUT2D eigenvalue weighted by atomic mass is 10.2. The molecule has 0 saturated carbocycles. The van der Waals surface area contributed by atoms with Gasteiger partial charge in [-0.3, -0.25) is 9.59 Å². The van der Waals surface area contributed by atoms with Crippen LogP contribution in [0.15, 0.2) is 12.1 Å². The van der Waals surface area contributed by atoms with Crippen LogP contribution in [0.3, 0.4) is 0 Å². The zero-order chi connectivity index (χ0) is 14.6. The van der Waals surface area contributed by atoms with Crippen LogP contribution >= 0.6 is 23.2 Å². The fraction of sp³-hybridized carbons (Fsp3) is 0.333. The van der Waals surface area contributed by atoms with Gasteiger partial charge in [0.25, 0.3) is 5.91 Å². The van der Waals surface area contributed by atoms with Gasteiger partial charge >= 0.3 is 0 Å². The first kappa shape index (κ1) is 15.6. The zero-order valence-corrected chi connectivity index (χ0v) is 12.1. The summed E-state index contributed by atoms with van der Waals surface area (Å²) in [7, 11) is 0. The molecule has 5 nitrogen and oxygen atoms in total. The van der Waals surface area contributed by atoms with Gasteiger partial charge in [0.05, 0.1) is 22.3 Å². The first-order valence-corrected chi connectivity index (χ1v) is 6.39. The predicted molar refractivity (Wildman–Crippen MR) is 76.5 cm³/mol. The second-order valence-electron chi connectivity index (χ2n) is 4.26. The highest BCUT2D eigenvalue weighted by atomic mass is 35.5. The number of halogens is 2. The Morgan fingerprint density at radius 3 is 2.26 bits per heavy atom. The second kappa shape index (κ2) is 6.63. The largest absolute Gasteiger partial charge is 0.396 e. The van der Waals surface area contributed by atoms with Crippen LogP contribution in [0.25, 0.3) is 0 Å². The molecule has 0 atom stereocenters. The van der Waals surface area contributed by atoms with Gasteiger partial charge in [0, 0.05) is 11.6 Å². The van der Waals surface area contributed by atoms with E-state index in [-0.39, 0.29) is 39.8 Å². The average Bonchev–Trinajstić information content (AvgIpc) is 2.31. The van der Waals surface area contributed by atoms with Gasteiger partial charge in [0.2, 0.25) is 5.91 Å². The maximum absolute atomic E-state index is 11.8. The maximum Gasteiger partial charge on any atom is 0.251 e.